The Morgan fingerprint density at radius 3 is 2.53 bits per heavy atom. The number of halogens is 3. The van der Waals surface area contributed by atoms with Crippen LogP contribution in [0.1, 0.15) is 17.7 Å². The Labute approximate surface area is 98.6 Å². The second-order valence-corrected chi connectivity index (χ2v) is 5.08. The third-order valence-corrected chi connectivity index (χ3v) is 3.76. The van der Waals surface area contributed by atoms with E-state index < -0.39 is 16.6 Å². The summed E-state index contributed by atoms with van der Waals surface area (Å²) < 4.78 is 37.7. The highest BCUT2D eigenvalue weighted by atomic mass is 32.1. The van der Waals surface area contributed by atoms with E-state index in [0.29, 0.717) is 4.88 Å². The van der Waals surface area contributed by atoms with Gasteiger partial charge in [0.25, 0.3) is 0 Å². The van der Waals surface area contributed by atoms with Gasteiger partial charge in [0.15, 0.2) is 0 Å². The van der Waals surface area contributed by atoms with Crippen LogP contribution >= 0.6 is 11.3 Å². The number of nitrogens with one attached hydrogen (secondary N) is 1. The summed E-state index contributed by atoms with van der Waals surface area (Å²) in [4.78, 5) is 10.4. The van der Waals surface area contributed by atoms with Gasteiger partial charge in [0.2, 0.25) is 0 Å². The summed E-state index contributed by atoms with van der Waals surface area (Å²) >= 11 is 0.891. The van der Waals surface area contributed by atoms with Crippen molar-refractivity contribution in [1.82, 2.24) is 5.32 Å². The average Bonchev–Trinajstić information content (AvgIpc) is 2.86. The molecular weight excluding hydrogens is 257 g/mol. The zero-order chi connectivity index (χ0) is 12.7. The predicted molar refractivity (Wildman–Crippen MR) is 55.8 cm³/mol. The standard InChI is InChI=1S/C9H9F3N2O2S/c10-9(11,12)8(3-4-8)13-5-6-1-2-7(17-6)14(15)16/h1-2,13H,3-5H2. The zero-order valence-corrected chi connectivity index (χ0v) is 9.40. The van der Waals surface area contributed by atoms with Crippen LogP contribution < -0.4 is 5.32 Å². The lowest BCUT2D eigenvalue weighted by Gasteiger charge is -2.20. The number of rotatable bonds is 4. The molecular formula is C9H9F3N2O2S. The van der Waals surface area contributed by atoms with Crippen LogP contribution in [0.15, 0.2) is 12.1 Å². The Bertz CT molecular complexity index is 440. The average molecular weight is 266 g/mol. The van der Waals surface area contributed by atoms with Gasteiger partial charge >= 0.3 is 11.2 Å². The minimum Gasteiger partial charge on any atom is -0.299 e. The molecule has 94 valence electrons. The molecule has 1 fully saturated rings. The van der Waals surface area contributed by atoms with Crippen LogP contribution in [0.2, 0.25) is 0 Å². The van der Waals surface area contributed by atoms with E-state index in [1.807, 2.05) is 0 Å². The van der Waals surface area contributed by atoms with E-state index in [-0.39, 0.29) is 24.4 Å². The summed E-state index contributed by atoms with van der Waals surface area (Å²) in [5.74, 6) is 0. The highest BCUT2D eigenvalue weighted by molar-refractivity contribution is 7.15. The highest BCUT2D eigenvalue weighted by Gasteiger charge is 2.62. The van der Waals surface area contributed by atoms with Crippen molar-refractivity contribution >= 4 is 16.3 Å². The van der Waals surface area contributed by atoms with E-state index in [1.54, 1.807) is 0 Å². The van der Waals surface area contributed by atoms with Crippen LogP contribution in [0.4, 0.5) is 18.2 Å². The van der Waals surface area contributed by atoms with Crippen LogP contribution in [-0.4, -0.2) is 16.6 Å². The van der Waals surface area contributed by atoms with E-state index in [4.69, 9.17) is 0 Å². The summed E-state index contributed by atoms with van der Waals surface area (Å²) in [6.45, 7) is 0.0119. The summed E-state index contributed by atoms with van der Waals surface area (Å²) in [6, 6.07) is 2.77. The number of nitrogens with zero attached hydrogens (tertiary/aromatic N) is 1. The Kier molecular flexibility index (Phi) is 2.86. The number of alkyl halides is 3. The Balaban J connectivity index is 1.96. The van der Waals surface area contributed by atoms with E-state index in [1.165, 1.54) is 12.1 Å². The van der Waals surface area contributed by atoms with Gasteiger partial charge in [0.1, 0.15) is 5.54 Å². The SMILES string of the molecule is O=[N+]([O-])c1ccc(CNC2(C(F)(F)F)CC2)s1. The van der Waals surface area contributed by atoms with E-state index in [0.717, 1.165) is 11.3 Å². The lowest BCUT2D eigenvalue weighted by molar-refractivity contribution is -0.380. The monoisotopic (exact) mass is 266 g/mol. The topological polar surface area (TPSA) is 55.2 Å². The maximum absolute atomic E-state index is 12.6. The van der Waals surface area contributed by atoms with Crippen molar-refractivity contribution in [3.8, 4) is 0 Å². The minimum absolute atomic E-state index is 0.0119. The second-order valence-electron chi connectivity index (χ2n) is 3.93. The lowest BCUT2D eigenvalue weighted by Crippen LogP contribution is -2.44. The van der Waals surface area contributed by atoms with E-state index >= 15 is 0 Å². The van der Waals surface area contributed by atoms with Gasteiger partial charge in [0, 0.05) is 17.5 Å². The first-order chi connectivity index (χ1) is 7.84. The van der Waals surface area contributed by atoms with Crippen LogP contribution in [0, 0.1) is 10.1 Å². The number of thiophene rings is 1. The van der Waals surface area contributed by atoms with Crippen LogP contribution in [0.5, 0.6) is 0 Å². The van der Waals surface area contributed by atoms with Crippen molar-refractivity contribution in [2.45, 2.75) is 31.1 Å². The molecule has 1 aromatic rings. The Morgan fingerprint density at radius 2 is 2.12 bits per heavy atom. The molecule has 17 heavy (non-hydrogen) atoms. The van der Waals surface area contributed by atoms with E-state index in [9.17, 15) is 23.3 Å². The molecule has 0 bridgehead atoms. The molecule has 1 heterocycles. The summed E-state index contributed by atoms with van der Waals surface area (Å²) in [5.41, 5.74) is -1.77. The molecule has 4 nitrogen and oxygen atoms in total. The number of nitro groups is 1. The molecule has 0 unspecified atom stereocenters. The van der Waals surface area contributed by atoms with Crippen molar-refractivity contribution in [3.63, 3.8) is 0 Å². The predicted octanol–water partition coefficient (Wildman–Crippen LogP) is 2.84. The van der Waals surface area contributed by atoms with Crippen molar-refractivity contribution < 1.29 is 18.1 Å². The van der Waals surface area contributed by atoms with Gasteiger partial charge in [-0.15, -0.1) is 0 Å². The van der Waals surface area contributed by atoms with Gasteiger partial charge in [-0.05, 0) is 18.9 Å². The van der Waals surface area contributed by atoms with E-state index in [2.05, 4.69) is 5.32 Å². The Morgan fingerprint density at radius 1 is 1.47 bits per heavy atom. The zero-order valence-electron chi connectivity index (χ0n) is 8.58. The maximum Gasteiger partial charge on any atom is 0.406 e. The molecule has 0 atom stereocenters. The third kappa shape index (κ3) is 2.42. The summed E-state index contributed by atoms with van der Waals surface area (Å²) in [7, 11) is 0. The van der Waals surface area contributed by atoms with Crippen LogP contribution in [0.25, 0.3) is 0 Å². The molecule has 0 aromatic carbocycles. The Hall–Kier alpha value is -1.15. The van der Waals surface area contributed by atoms with Gasteiger partial charge in [0.05, 0.1) is 4.92 Å². The molecule has 1 aliphatic carbocycles. The van der Waals surface area contributed by atoms with Crippen molar-refractivity contribution in [2.75, 3.05) is 0 Å². The summed E-state index contributed by atoms with van der Waals surface area (Å²) in [6.07, 6.45) is -4.11. The van der Waals surface area contributed by atoms with Gasteiger partial charge < -0.3 is 0 Å². The molecule has 0 spiro atoms. The molecule has 0 saturated heterocycles. The molecule has 0 radical (unpaired) electrons. The fourth-order valence-corrected chi connectivity index (χ4v) is 2.26. The molecule has 0 amide bonds. The minimum atomic E-state index is -4.25. The van der Waals surface area contributed by atoms with Gasteiger partial charge in [-0.1, -0.05) is 11.3 Å². The summed E-state index contributed by atoms with van der Waals surface area (Å²) in [5, 5.41) is 12.8. The van der Waals surface area contributed by atoms with Crippen molar-refractivity contribution in [3.05, 3.63) is 27.1 Å². The van der Waals surface area contributed by atoms with Crippen LogP contribution in [-0.2, 0) is 6.54 Å². The molecule has 1 saturated carbocycles. The van der Waals surface area contributed by atoms with Gasteiger partial charge in [-0.2, -0.15) is 13.2 Å². The third-order valence-electron chi connectivity index (χ3n) is 2.72. The molecule has 1 aliphatic rings. The lowest BCUT2D eigenvalue weighted by atomic mass is 10.2. The first kappa shape index (κ1) is 12.3. The highest BCUT2D eigenvalue weighted by Crippen LogP contribution is 2.49. The number of hydrogen-bond acceptors (Lipinski definition) is 4. The van der Waals surface area contributed by atoms with Gasteiger partial charge in [-0.3, -0.25) is 15.4 Å². The fraction of sp³-hybridized carbons (Fsp3) is 0.556. The molecule has 1 N–H and O–H groups in total. The quantitative estimate of drug-likeness (QED) is 0.673. The van der Waals surface area contributed by atoms with Gasteiger partial charge in [-0.25, -0.2) is 0 Å². The second kappa shape index (κ2) is 3.95. The molecule has 1 aromatic heterocycles. The van der Waals surface area contributed by atoms with Crippen LogP contribution in [0.3, 0.4) is 0 Å². The molecule has 8 heteroatoms. The number of hydrogen-bond donors (Lipinski definition) is 1. The first-order valence-corrected chi connectivity index (χ1v) is 5.71. The van der Waals surface area contributed by atoms with Crippen molar-refractivity contribution in [1.29, 1.82) is 0 Å². The normalized spacial score (nSPS) is 18.1. The smallest absolute Gasteiger partial charge is 0.299 e. The molecule has 2 rings (SSSR count). The van der Waals surface area contributed by atoms with Crippen molar-refractivity contribution in [2.24, 2.45) is 0 Å². The first-order valence-electron chi connectivity index (χ1n) is 4.89. The largest absolute Gasteiger partial charge is 0.406 e. The fourth-order valence-electron chi connectivity index (χ4n) is 1.50. The molecule has 0 aliphatic heterocycles. The maximum atomic E-state index is 12.6.